The smallest absolute Gasteiger partial charge is 0.309 e. The predicted octanol–water partition coefficient (Wildman–Crippen LogP) is 26.3. The molecule has 0 unspecified atom stereocenters. The van der Waals surface area contributed by atoms with Gasteiger partial charge < -0.3 is 66.7 Å². The van der Waals surface area contributed by atoms with Crippen LogP contribution in [-0.2, 0) is 148 Å². The van der Waals surface area contributed by atoms with Gasteiger partial charge in [0.15, 0.2) is 0 Å². The molecule has 1 fully saturated rings. The highest BCUT2D eigenvalue weighted by atomic mass is 79.9. The molecule has 1 N–H and O–H groups in total. The second-order valence-corrected chi connectivity index (χ2v) is 37.6. The van der Waals surface area contributed by atoms with Crippen LogP contribution in [-0.4, -0.2) is 90.2 Å². The second kappa shape index (κ2) is 58.1. The predicted molar refractivity (Wildman–Crippen MR) is 560 cm³/mol. The summed E-state index contributed by atoms with van der Waals surface area (Å²) in [6, 6.07) is 70.8. The Morgan fingerprint density at radius 2 is 0.500 bits per heavy atom. The number of esters is 6. The van der Waals surface area contributed by atoms with Crippen LogP contribution in [0.5, 0.6) is 40.2 Å². The summed E-state index contributed by atoms with van der Waals surface area (Å²) in [4.78, 5) is 69.7. The molecule has 26 heteroatoms. The third-order valence-corrected chi connectivity index (χ3v) is 26.0. The number of halogens is 6. The van der Waals surface area contributed by atoms with Gasteiger partial charge in [0.05, 0.1) is 121 Å². The first-order valence-electron chi connectivity index (χ1n) is 44.8. The number of benzene rings is 12. The number of aryl methyl sites for hydroxylation is 9. The van der Waals surface area contributed by atoms with E-state index in [0.717, 1.165) is 162 Å². The number of carbonyl (C=O) groups excluding carboxylic acids is 6. The number of carbonyl (C=O) groups is 6. The Hall–Kier alpha value is -11.1. The van der Waals surface area contributed by atoms with Gasteiger partial charge in [-0.25, -0.2) is 0 Å². The molecule has 0 aliphatic heterocycles. The van der Waals surface area contributed by atoms with Crippen LogP contribution in [0.2, 0.25) is 0 Å². The van der Waals surface area contributed by atoms with Crippen molar-refractivity contribution in [2.24, 2.45) is 0 Å². The summed E-state index contributed by atoms with van der Waals surface area (Å²) in [5.74, 6) is 4.41. The highest BCUT2D eigenvalue weighted by molar-refractivity contribution is 9.11. The molecule has 0 bridgehead atoms. The highest BCUT2D eigenvalue weighted by Gasteiger charge is 2.29. The summed E-state index contributed by atoms with van der Waals surface area (Å²) < 4.78 is 75.5. The topological polar surface area (TPSA) is 243 Å². The van der Waals surface area contributed by atoms with Crippen molar-refractivity contribution < 1.29 is 95.5 Å². The highest BCUT2D eigenvalue weighted by Crippen LogP contribution is 2.44. The van der Waals surface area contributed by atoms with Gasteiger partial charge >= 0.3 is 35.8 Å². The number of hydrogen-bond donors (Lipinski definition) is 1. The summed E-state index contributed by atoms with van der Waals surface area (Å²) >= 11 is 21.1. The molecule has 0 saturated heterocycles. The van der Waals surface area contributed by atoms with Gasteiger partial charge in [0, 0.05) is 5.56 Å². The Kier molecular flexibility index (Phi) is 47.2. The maximum Gasteiger partial charge on any atom is 0.309 e. The van der Waals surface area contributed by atoms with E-state index in [4.69, 9.17) is 61.6 Å². The van der Waals surface area contributed by atoms with Crippen molar-refractivity contribution in [3.63, 3.8) is 0 Å². The van der Waals surface area contributed by atoms with Gasteiger partial charge in [-0.15, -0.1) is 0 Å². The van der Waals surface area contributed by atoms with Crippen LogP contribution in [0.4, 0.5) is 0 Å². The molecule has 1 aliphatic rings. The first-order chi connectivity index (χ1) is 66.2. The van der Waals surface area contributed by atoms with E-state index < -0.39 is 0 Å². The lowest BCUT2D eigenvalue weighted by Gasteiger charge is -2.16. The summed E-state index contributed by atoms with van der Waals surface area (Å²) in [5, 5.41) is 9.54. The molecule has 0 heterocycles. The van der Waals surface area contributed by atoms with Gasteiger partial charge in [0.25, 0.3) is 0 Å². The van der Waals surface area contributed by atoms with Crippen LogP contribution in [0, 0.1) is 55.4 Å². The normalized spacial score (nSPS) is 10.9. The Labute approximate surface area is 861 Å². The molecule has 0 atom stereocenters. The zero-order valence-corrected chi connectivity index (χ0v) is 90.4. The van der Waals surface area contributed by atoms with Crippen LogP contribution >= 0.6 is 95.6 Å². The van der Waals surface area contributed by atoms with Crippen LogP contribution in [0.1, 0.15) is 161 Å². The Balaban J connectivity index is 0.000000203. The number of hydrogen-bond acceptors (Lipinski definition) is 20. The lowest BCUT2D eigenvalue weighted by atomic mass is 9.96. The van der Waals surface area contributed by atoms with Crippen molar-refractivity contribution >= 4 is 131 Å². The third-order valence-electron chi connectivity index (χ3n) is 22.3. The fourth-order valence-corrected chi connectivity index (χ4v) is 18.1. The van der Waals surface area contributed by atoms with Crippen molar-refractivity contribution in [1.29, 1.82) is 0 Å². The number of aliphatic hydroxyl groups is 1. The largest absolute Gasteiger partial charge is 0.493 e. The zero-order valence-electron chi connectivity index (χ0n) is 80.9. The van der Waals surface area contributed by atoms with Crippen molar-refractivity contribution in [3.8, 4) is 40.2 Å². The van der Waals surface area contributed by atoms with Crippen LogP contribution in [0.25, 0.3) is 0 Å². The van der Waals surface area contributed by atoms with E-state index in [0.29, 0.717) is 51.3 Å². The standard InChI is InChI=1S/C20H21BrO3.C19H21BrO4.C19H21BrO3.C18H19BrO4.2C18H19BrO3/c1-13-6-9-19(18(21)10-13)24-12-17-15(11-20(22)23-2)4-3-5-16(17)14-7-8-14;1-4-23-17-7-5-6-14(11-19(21)22-3)15(17)12-24-18-9-8-13(2)10-16(18)20;1-4-14-6-5-7-15(11-19(21)22-3)16(14)12-23-18-9-8-13(2)10-17(18)20;1-12-6-7-17(16(19)8-12)23-11-15-13(9-18(21)22-2)4-3-5-14(15)10-20;2*1-12-7-8-17(16(19)9-12)22-11-15-13(2)5-4-6-14(15)10-18(20)21-3/h3-6,9-10,14H,7-8,11-12H2,1-2H3;5-10H,4,11-12H2,1-3H3;5-10H,4,11-12H2,1-3H3;3-8,20H,9-11H2,1-2H3;2*4-9H,10-11H2,1-3H3. The molecule has 0 aromatic heterocycles. The maximum absolute atomic E-state index is 11.7. The van der Waals surface area contributed by atoms with E-state index in [9.17, 15) is 33.9 Å². The van der Waals surface area contributed by atoms with Gasteiger partial charge in [-0.3, -0.25) is 28.8 Å². The van der Waals surface area contributed by atoms with Crippen molar-refractivity contribution in [2.45, 2.75) is 179 Å². The number of methoxy groups -OCH3 is 6. The summed E-state index contributed by atoms with van der Waals surface area (Å²) in [6.45, 7) is 23.0. The van der Waals surface area contributed by atoms with Crippen LogP contribution in [0.3, 0.4) is 0 Å². The third kappa shape index (κ3) is 36.0. The molecule has 0 amide bonds. The minimum Gasteiger partial charge on any atom is -0.493 e. The minimum absolute atomic E-state index is 0.108. The van der Waals surface area contributed by atoms with E-state index in [1.807, 2.05) is 269 Å². The number of aliphatic hydroxyl groups excluding tert-OH is 1. The molecule has 12 aromatic rings. The molecule has 13 rings (SSSR count). The van der Waals surface area contributed by atoms with E-state index in [-0.39, 0.29) is 87.6 Å². The fourth-order valence-electron chi connectivity index (χ4n) is 14.4. The first kappa shape index (κ1) is 112. The van der Waals surface area contributed by atoms with Gasteiger partial charge in [-0.2, -0.15) is 0 Å². The number of ether oxygens (including phenoxy) is 13. The molecule has 1 saturated carbocycles. The zero-order chi connectivity index (χ0) is 100. The molecular formula is C112H120Br6O20. The molecule has 1 aliphatic carbocycles. The molecule has 20 nitrogen and oxygen atoms in total. The molecule has 730 valence electrons. The molecular weight excluding hydrogens is 2140 g/mol. The van der Waals surface area contributed by atoms with Crippen LogP contribution < -0.4 is 33.2 Å². The summed E-state index contributed by atoms with van der Waals surface area (Å²) in [5.41, 5.74) is 23.8. The van der Waals surface area contributed by atoms with Crippen molar-refractivity contribution in [3.05, 3.63) is 373 Å². The average Bonchev–Trinajstić information content (AvgIpc) is 1.67. The quantitative estimate of drug-likeness (QED) is 0.0287. The van der Waals surface area contributed by atoms with E-state index in [1.54, 1.807) is 0 Å². The SMILES string of the molecule is CCOc1cccc(CC(=O)OC)c1COc1ccc(C)cc1Br.CCc1cccc(CC(=O)OC)c1COc1ccc(C)cc1Br.COC(=O)Cc1cccc(C)c1COc1ccc(C)cc1Br.COC(=O)Cc1cccc(C)c1COc1ccc(C)cc1Br.COC(=O)Cc1cccc(C2CC2)c1COc1ccc(C)cc1Br.COC(=O)Cc1cccc(CO)c1COc1ccc(C)cc1Br. The Morgan fingerprint density at radius 1 is 0.268 bits per heavy atom. The second-order valence-electron chi connectivity index (χ2n) is 32.5. The lowest BCUT2D eigenvalue weighted by molar-refractivity contribution is -0.140. The van der Waals surface area contributed by atoms with Crippen LogP contribution in [0.15, 0.2) is 245 Å². The van der Waals surface area contributed by atoms with E-state index >= 15 is 0 Å². The minimum atomic E-state index is -0.321. The van der Waals surface area contributed by atoms with Crippen molar-refractivity contribution in [1.82, 2.24) is 0 Å². The van der Waals surface area contributed by atoms with Gasteiger partial charge in [-0.05, 0) is 384 Å². The van der Waals surface area contributed by atoms with Gasteiger partial charge in [0.1, 0.15) is 79.9 Å². The fraction of sp³-hybridized carbons (Fsp3) is 0.304. The molecule has 0 spiro atoms. The van der Waals surface area contributed by atoms with E-state index in [1.165, 1.54) is 88.9 Å². The maximum atomic E-state index is 11.7. The molecule has 0 radical (unpaired) electrons. The van der Waals surface area contributed by atoms with Gasteiger partial charge in [0.2, 0.25) is 0 Å². The van der Waals surface area contributed by atoms with E-state index in [2.05, 4.69) is 115 Å². The first-order valence-corrected chi connectivity index (χ1v) is 49.5. The lowest BCUT2D eigenvalue weighted by Crippen LogP contribution is -2.10. The van der Waals surface area contributed by atoms with Crippen molar-refractivity contribution in [2.75, 3.05) is 49.3 Å². The number of rotatable bonds is 35. The summed E-state index contributed by atoms with van der Waals surface area (Å²) in [7, 11) is 8.37. The Morgan fingerprint density at radius 3 is 0.775 bits per heavy atom. The monoisotopic (exact) mass is 2260 g/mol. The molecule has 138 heavy (non-hydrogen) atoms. The van der Waals surface area contributed by atoms with Gasteiger partial charge in [-0.1, -0.05) is 146 Å². The summed E-state index contributed by atoms with van der Waals surface area (Å²) in [6.07, 6.45) is 4.71. The molecule has 12 aromatic carbocycles. The average molecular weight is 2270 g/mol. The Bertz CT molecular complexity index is 5870.